The third-order valence-electron chi connectivity index (χ3n) is 2.45. The lowest BCUT2D eigenvalue weighted by Gasteiger charge is -2.10. The minimum atomic E-state index is 0.274. The van der Waals surface area contributed by atoms with E-state index in [9.17, 15) is 0 Å². The van der Waals surface area contributed by atoms with Crippen LogP contribution in [-0.4, -0.2) is 37.5 Å². The van der Waals surface area contributed by atoms with Crippen molar-refractivity contribution in [3.63, 3.8) is 0 Å². The largest absolute Gasteiger partial charge is 0.396 e. The summed E-state index contributed by atoms with van der Waals surface area (Å²) in [6.07, 6.45) is 6.53. The Morgan fingerprint density at radius 1 is 1.23 bits per heavy atom. The van der Waals surface area contributed by atoms with Gasteiger partial charge >= 0.3 is 0 Å². The van der Waals surface area contributed by atoms with E-state index in [2.05, 4.69) is 5.32 Å². The van der Waals surface area contributed by atoms with Crippen LogP contribution < -0.4 is 5.32 Å². The van der Waals surface area contributed by atoms with Gasteiger partial charge in [-0.2, -0.15) is 0 Å². The fraction of sp³-hybridized carbons (Fsp3) is 1.00. The molecule has 0 radical (unpaired) electrons. The average Bonchev–Trinajstić information content (AvgIpc) is 2.63. The number of aliphatic hydroxyl groups is 1. The molecule has 0 spiro atoms. The van der Waals surface area contributed by atoms with Crippen molar-refractivity contribution in [3.05, 3.63) is 0 Å². The molecule has 1 aliphatic carbocycles. The fourth-order valence-electron chi connectivity index (χ4n) is 1.68. The van der Waals surface area contributed by atoms with Gasteiger partial charge in [-0.15, -0.1) is 0 Å². The second kappa shape index (κ2) is 7.30. The maximum Gasteiger partial charge on any atom is 0.0594 e. The summed E-state index contributed by atoms with van der Waals surface area (Å²) >= 11 is 0. The lowest BCUT2D eigenvalue weighted by atomic mass is 10.3. The second-order valence-corrected chi connectivity index (χ2v) is 3.60. The average molecular weight is 187 g/mol. The highest BCUT2D eigenvalue weighted by molar-refractivity contribution is 4.66. The van der Waals surface area contributed by atoms with Gasteiger partial charge in [0.15, 0.2) is 0 Å². The number of hydrogen-bond donors (Lipinski definition) is 2. The Balaban J connectivity index is 1.78. The van der Waals surface area contributed by atoms with E-state index in [0.717, 1.165) is 26.1 Å². The molecule has 1 saturated carbocycles. The van der Waals surface area contributed by atoms with Crippen molar-refractivity contribution >= 4 is 0 Å². The molecule has 0 amide bonds. The molecule has 1 aliphatic rings. The normalized spacial score (nSPS) is 18.2. The van der Waals surface area contributed by atoms with Crippen molar-refractivity contribution in [2.45, 2.75) is 38.2 Å². The molecule has 1 fully saturated rings. The van der Waals surface area contributed by atoms with Crippen LogP contribution in [0.25, 0.3) is 0 Å². The molecule has 2 N–H and O–H groups in total. The third-order valence-corrected chi connectivity index (χ3v) is 2.45. The molecule has 13 heavy (non-hydrogen) atoms. The summed E-state index contributed by atoms with van der Waals surface area (Å²) in [5.41, 5.74) is 0. The summed E-state index contributed by atoms with van der Waals surface area (Å²) in [5, 5.41) is 11.7. The molecule has 78 valence electrons. The van der Waals surface area contributed by atoms with Crippen molar-refractivity contribution in [1.29, 1.82) is 0 Å². The Kier molecular flexibility index (Phi) is 6.15. The predicted octanol–water partition coefficient (Wildman–Crippen LogP) is 0.918. The SMILES string of the molecule is OCCCNCCOC1CCCC1. The summed E-state index contributed by atoms with van der Waals surface area (Å²) in [5.74, 6) is 0. The van der Waals surface area contributed by atoms with E-state index < -0.39 is 0 Å². The van der Waals surface area contributed by atoms with Crippen LogP contribution in [0.3, 0.4) is 0 Å². The molecule has 0 atom stereocenters. The van der Waals surface area contributed by atoms with Crippen LogP contribution in [0.15, 0.2) is 0 Å². The van der Waals surface area contributed by atoms with Crippen molar-refractivity contribution in [3.8, 4) is 0 Å². The highest BCUT2D eigenvalue weighted by Gasteiger charge is 2.14. The van der Waals surface area contributed by atoms with Crippen LogP contribution in [0.4, 0.5) is 0 Å². The van der Waals surface area contributed by atoms with Gasteiger partial charge < -0.3 is 15.2 Å². The quantitative estimate of drug-likeness (QED) is 0.582. The number of aliphatic hydroxyl groups excluding tert-OH is 1. The van der Waals surface area contributed by atoms with E-state index in [1.807, 2.05) is 0 Å². The number of ether oxygens (including phenoxy) is 1. The molecule has 0 heterocycles. The molecule has 0 aromatic rings. The van der Waals surface area contributed by atoms with Gasteiger partial charge in [-0.25, -0.2) is 0 Å². The first kappa shape index (κ1) is 11.0. The zero-order valence-corrected chi connectivity index (χ0v) is 8.30. The van der Waals surface area contributed by atoms with Gasteiger partial charge in [0.05, 0.1) is 12.7 Å². The molecule has 0 aliphatic heterocycles. The van der Waals surface area contributed by atoms with Gasteiger partial charge in [0.2, 0.25) is 0 Å². The lowest BCUT2D eigenvalue weighted by molar-refractivity contribution is 0.0603. The molecule has 3 nitrogen and oxygen atoms in total. The van der Waals surface area contributed by atoms with Gasteiger partial charge in [-0.3, -0.25) is 0 Å². The Bertz CT molecular complexity index is 113. The fourth-order valence-corrected chi connectivity index (χ4v) is 1.68. The minimum Gasteiger partial charge on any atom is -0.396 e. The highest BCUT2D eigenvalue weighted by atomic mass is 16.5. The second-order valence-electron chi connectivity index (χ2n) is 3.60. The number of hydrogen-bond acceptors (Lipinski definition) is 3. The van der Waals surface area contributed by atoms with Crippen LogP contribution >= 0.6 is 0 Å². The Morgan fingerprint density at radius 2 is 2.00 bits per heavy atom. The Labute approximate surface area is 80.5 Å². The minimum absolute atomic E-state index is 0.274. The number of nitrogens with one attached hydrogen (secondary N) is 1. The zero-order valence-electron chi connectivity index (χ0n) is 8.30. The van der Waals surface area contributed by atoms with E-state index in [-0.39, 0.29) is 6.61 Å². The van der Waals surface area contributed by atoms with E-state index in [1.165, 1.54) is 25.7 Å². The molecule has 0 aromatic carbocycles. The topological polar surface area (TPSA) is 41.5 Å². The summed E-state index contributed by atoms with van der Waals surface area (Å²) < 4.78 is 5.66. The molecular formula is C10H21NO2. The molecule has 1 rings (SSSR count). The zero-order chi connectivity index (χ0) is 9.36. The summed E-state index contributed by atoms with van der Waals surface area (Å²) in [6.45, 7) is 2.90. The maximum absolute atomic E-state index is 8.52. The van der Waals surface area contributed by atoms with Crippen molar-refractivity contribution in [2.24, 2.45) is 0 Å². The van der Waals surface area contributed by atoms with E-state index in [0.29, 0.717) is 6.10 Å². The third kappa shape index (κ3) is 5.24. The van der Waals surface area contributed by atoms with E-state index in [1.54, 1.807) is 0 Å². The van der Waals surface area contributed by atoms with Gasteiger partial charge in [-0.1, -0.05) is 12.8 Å². The highest BCUT2D eigenvalue weighted by Crippen LogP contribution is 2.20. The summed E-state index contributed by atoms with van der Waals surface area (Å²) in [6, 6.07) is 0. The molecular weight excluding hydrogens is 166 g/mol. The van der Waals surface area contributed by atoms with Crippen molar-refractivity contribution < 1.29 is 9.84 Å². The lowest BCUT2D eigenvalue weighted by Crippen LogP contribution is -2.23. The van der Waals surface area contributed by atoms with Crippen LogP contribution in [0, 0.1) is 0 Å². The summed E-state index contributed by atoms with van der Waals surface area (Å²) in [7, 11) is 0. The number of rotatable bonds is 7. The van der Waals surface area contributed by atoms with E-state index in [4.69, 9.17) is 9.84 Å². The van der Waals surface area contributed by atoms with E-state index >= 15 is 0 Å². The van der Waals surface area contributed by atoms with Crippen molar-refractivity contribution in [1.82, 2.24) is 5.32 Å². The van der Waals surface area contributed by atoms with Crippen LogP contribution in [-0.2, 0) is 4.74 Å². The van der Waals surface area contributed by atoms with Gasteiger partial charge in [0, 0.05) is 13.2 Å². The maximum atomic E-state index is 8.52. The predicted molar refractivity (Wildman–Crippen MR) is 52.8 cm³/mol. The van der Waals surface area contributed by atoms with Gasteiger partial charge in [-0.05, 0) is 25.8 Å². The summed E-state index contributed by atoms with van der Waals surface area (Å²) in [4.78, 5) is 0. The van der Waals surface area contributed by atoms with Gasteiger partial charge in [0.1, 0.15) is 0 Å². The smallest absolute Gasteiger partial charge is 0.0594 e. The molecule has 0 unspecified atom stereocenters. The van der Waals surface area contributed by atoms with Crippen LogP contribution in [0.1, 0.15) is 32.1 Å². The first-order valence-corrected chi connectivity index (χ1v) is 5.36. The molecule has 0 saturated heterocycles. The molecule has 3 heteroatoms. The first-order valence-electron chi connectivity index (χ1n) is 5.36. The first-order chi connectivity index (χ1) is 6.43. The monoisotopic (exact) mass is 187 g/mol. The Hall–Kier alpha value is -0.120. The van der Waals surface area contributed by atoms with Gasteiger partial charge in [0.25, 0.3) is 0 Å². The van der Waals surface area contributed by atoms with Crippen LogP contribution in [0.5, 0.6) is 0 Å². The molecule has 0 aromatic heterocycles. The van der Waals surface area contributed by atoms with Crippen molar-refractivity contribution in [2.75, 3.05) is 26.3 Å². The van der Waals surface area contributed by atoms with Crippen LogP contribution in [0.2, 0.25) is 0 Å². The standard InChI is InChI=1S/C10H21NO2/c12-8-3-6-11-7-9-13-10-4-1-2-5-10/h10-12H,1-9H2. The Morgan fingerprint density at radius 3 is 2.69 bits per heavy atom. The molecule has 0 bridgehead atoms.